The molecule has 0 amide bonds. The molecule has 0 bridgehead atoms. The number of unbranched alkanes of at least 4 members (excludes halogenated alkanes) is 1. The summed E-state index contributed by atoms with van der Waals surface area (Å²) < 4.78 is 0. The highest BCUT2D eigenvalue weighted by Gasteiger charge is 2.08. The van der Waals surface area contributed by atoms with Crippen LogP contribution >= 0.6 is 0 Å². The highest BCUT2D eigenvalue weighted by atomic mass is 16.1. The molecule has 0 radical (unpaired) electrons. The van der Waals surface area contributed by atoms with E-state index in [2.05, 4.69) is 29.1 Å². The smallest absolute Gasteiger partial charge is 0.276 e. The summed E-state index contributed by atoms with van der Waals surface area (Å²) in [6, 6.07) is 0. The summed E-state index contributed by atoms with van der Waals surface area (Å²) in [5.41, 5.74) is 5.52. The van der Waals surface area contributed by atoms with Crippen molar-refractivity contribution in [2.24, 2.45) is 5.92 Å². The first-order valence-corrected chi connectivity index (χ1v) is 6.26. The molecular formula is C12H22N4O. The van der Waals surface area contributed by atoms with Crippen LogP contribution in [0.2, 0.25) is 0 Å². The van der Waals surface area contributed by atoms with Gasteiger partial charge in [0.2, 0.25) is 0 Å². The lowest BCUT2D eigenvalue weighted by Gasteiger charge is -2.16. The van der Waals surface area contributed by atoms with Crippen LogP contribution in [-0.2, 0) is 0 Å². The minimum absolute atomic E-state index is 0.165. The van der Waals surface area contributed by atoms with Crippen LogP contribution in [0.15, 0.2) is 11.1 Å². The van der Waals surface area contributed by atoms with Crippen LogP contribution < -0.4 is 16.6 Å². The zero-order valence-electron chi connectivity index (χ0n) is 10.6. The summed E-state index contributed by atoms with van der Waals surface area (Å²) >= 11 is 0. The summed E-state index contributed by atoms with van der Waals surface area (Å²) in [4.78, 5) is 17.7. The van der Waals surface area contributed by atoms with Crippen LogP contribution in [-0.4, -0.2) is 16.5 Å². The van der Waals surface area contributed by atoms with Crippen molar-refractivity contribution in [2.45, 2.75) is 39.5 Å². The van der Waals surface area contributed by atoms with Crippen LogP contribution in [0.3, 0.4) is 0 Å². The number of rotatable bonds is 7. The number of aromatic nitrogens is 2. The lowest BCUT2D eigenvalue weighted by molar-refractivity contribution is 0.472. The third-order valence-corrected chi connectivity index (χ3v) is 2.99. The van der Waals surface area contributed by atoms with Crippen molar-refractivity contribution in [2.75, 3.05) is 17.6 Å². The lowest BCUT2D eigenvalue weighted by Crippen LogP contribution is -2.20. The summed E-state index contributed by atoms with van der Waals surface area (Å²) in [5.74, 6) is 1.10. The topological polar surface area (TPSA) is 83.8 Å². The predicted octanol–water partition coefficient (Wildman–Crippen LogP) is 1.98. The highest BCUT2D eigenvalue weighted by Crippen LogP contribution is 2.15. The van der Waals surface area contributed by atoms with Gasteiger partial charge in [-0.1, -0.05) is 33.1 Å². The van der Waals surface area contributed by atoms with Gasteiger partial charge in [0.05, 0.1) is 6.33 Å². The van der Waals surface area contributed by atoms with Gasteiger partial charge >= 0.3 is 0 Å². The molecular weight excluding hydrogens is 216 g/mol. The molecule has 1 heterocycles. The Kier molecular flexibility index (Phi) is 5.52. The maximum absolute atomic E-state index is 11.3. The minimum atomic E-state index is -0.288. The Morgan fingerprint density at radius 1 is 1.53 bits per heavy atom. The Morgan fingerprint density at radius 3 is 2.94 bits per heavy atom. The van der Waals surface area contributed by atoms with E-state index in [0.29, 0.717) is 11.7 Å². The second-order valence-electron chi connectivity index (χ2n) is 4.29. The van der Waals surface area contributed by atoms with Crippen molar-refractivity contribution >= 4 is 11.5 Å². The molecule has 0 saturated carbocycles. The molecule has 5 nitrogen and oxygen atoms in total. The average Bonchev–Trinajstić information content (AvgIpc) is 2.34. The molecule has 4 N–H and O–H groups in total. The van der Waals surface area contributed by atoms with Gasteiger partial charge in [0, 0.05) is 6.54 Å². The van der Waals surface area contributed by atoms with Crippen LogP contribution in [0, 0.1) is 5.92 Å². The number of nitrogens with one attached hydrogen (secondary N) is 2. The molecule has 1 aromatic rings. The predicted molar refractivity (Wildman–Crippen MR) is 71.1 cm³/mol. The van der Waals surface area contributed by atoms with Gasteiger partial charge in [0.1, 0.15) is 5.69 Å². The van der Waals surface area contributed by atoms with Gasteiger partial charge in [-0.15, -0.1) is 0 Å². The fourth-order valence-corrected chi connectivity index (χ4v) is 1.74. The molecule has 17 heavy (non-hydrogen) atoms. The molecule has 5 heteroatoms. The molecule has 1 atom stereocenters. The monoisotopic (exact) mass is 238 g/mol. The van der Waals surface area contributed by atoms with Gasteiger partial charge in [-0.25, -0.2) is 4.98 Å². The van der Waals surface area contributed by atoms with E-state index >= 15 is 0 Å². The number of anilines is 2. The fraction of sp³-hybridized carbons (Fsp3) is 0.667. The van der Waals surface area contributed by atoms with E-state index in [-0.39, 0.29) is 11.2 Å². The molecule has 0 aliphatic heterocycles. The lowest BCUT2D eigenvalue weighted by atomic mass is 9.99. The zero-order chi connectivity index (χ0) is 12.7. The van der Waals surface area contributed by atoms with Gasteiger partial charge < -0.3 is 16.0 Å². The van der Waals surface area contributed by atoms with Crippen molar-refractivity contribution in [1.82, 2.24) is 9.97 Å². The average molecular weight is 238 g/mol. The Labute approximate surface area is 102 Å². The highest BCUT2D eigenvalue weighted by molar-refractivity contribution is 5.58. The number of hydrogen-bond acceptors (Lipinski definition) is 4. The number of nitrogens with two attached hydrogens (primary N) is 1. The Bertz CT molecular complexity index is 388. The SMILES string of the molecule is CCCCC(CC)CNc1nc[nH]c(=O)c1N. The largest absolute Gasteiger partial charge is 0.391 e. The van der Waals surface area contributed by atoms with E-state index in [4.69, 9.17) is 5.73 Å². The number of H-pyrrole nitrogens is 1. The maximum atomic E-state index is 11.3. The molecule has 1 aromatic heterocycles. The first-order valence-electron chi connectivity index (χ1n) is 6.26. The van der Waals surface area contributed by atoms with E-state index < -0.39 is 0 Å². The summed E-state index contributed by atoms with van der Waals surface area (Å²) in [6.07, 6.45) is 6.13. The first-order chi connectivity index (χ1) is 8.19. The van der Waals surface area contributed by atoms with Crippen molar-refractivity contribution in [3.8, 4) is 0 Å². The van der Waals surface area contributed by atoms with E-state index in [1.807, 2.05) is 0 Å². The van der Waals surface area contributed by atoms with Gasteiger partial charge in [-0.2, -0.15) is 0 Å². The molecule has 1 unspecified atom stereocenters. The van der Waals surface area contributed by atoms with Crippen molar-refractivity contribution < 1.29 is 0 Å². The van der Waals surface area contributed by atoms with E-state index in [1.54, 1.807) is 0 Å². The molecule has 96 valence electrons. The van der Waals surface area contributed by atoms with Gasteiger partial charge in [-0.05, 0) is 12.3 Å². The van der Waals surface area contributed by atoms with Gasteiger partial charge in [-0.3, -0.25) is 4.79 Å². The number of nitrogens with zero attached hydrogens (tertiary/aromatic N) is 1. The van der Waals surface area contributed by atoms with Crippen LogP contribution in [0.25, 0.3) is 0 Å². The quantitative estimate of drug-likeness (QED) is 0.678. The molecule has 0 aromatic carbocycles. The fourth-order valence-electron chi connectivity index (χ4n) is 1.74. The summed E-state index contributed by atoms with van der Waals surface area (Å²) in [5, 5.41) is 3.16. The molecule has 0 aliphatic rings. The molecule has 1 rings (SSSR count). The second-order valence-corrected chi connectivity index (χ2v) is 4.29. The van der Waals surface area contributed by atoms with Crippen LogP contribution in [0.1, 0.15) is 39.5 Å². The Hall–Kier alpha value is -1.52. The van der Waals surface area contributed by atoms with Crippen LogP contribution in [0.5, 0.6) is 0 Å². The van der Waals surface area contributed by atoms with E-state index in [0.717, 1.165) is 13.0 Å². The minimum Gasteiger partial charge on any atom is -0.391 e. The normalized spacial score (nSPS) is 12.4. The summed E-state index contributed by atoms with van der Waals surface area (Å²) in [6.45, 7) is 5.18. The van der Waals surface area contributed by atoms with Crippen molar-refractivity contribution in [1.29, 1.82) is 0 Å². The molecule has 0 fully saturated rings. The Balaban J connectivity index is 2.53. The first kappa shape index (κ1) is 13.5. The van der Waals surface area contributed by atoms with Crippen molar-refractivity contribution in [3.63, 3.8) is 0 Å². The second kappa shape index (κ2) is 6.93. The molecule has 0 saturated heterocycles. The van der Waals surface area contributed by atoms with Gasteiger partial charge in [0.25, 0.3) is 5.56 Å². The van der Waals surface area contributed by atoms with E-state index in [1.165, 1.54) is 25.6 Å². The Morgan fingerprint density at radius 2 is 2.29 bits per heavy atom. The standard InChI is InChI=1S/C12H22N4O/c1-3-5-6-9(4-2)7-14-11-10(13)12(17)16-8-15-11/h8-9H,3-7,13H2,1-2H3,(H2,14,15,16,17). The number of aromatic amines is 1. The number of hydrogen-bond donors (Lipinski definition) is 3. The van der Waals surface area contributed by atoms with Crippen molar-refractivity contribution in [3.05, 3.63) is 16.7 Å². The molecule has 0 spiro atoms. The van der Waals surface area contributed by atoms with E-state index in [9.17, 15) is 4.79 Å². The number of nitrogen functional groups attached to an aromatic ring is 1. The maximum Gasteiger partial charge on any atom is 0.276 e. The van der Waals surface area contributed by atoms with Gasteiger partial charge in [0.15, 0.2) is 5.82 Å². The molecule has 0 aliphatic carbocycles. The third kappa shape index (κ3) is 4.09. The summed E-state index contributed by atoms with van der Waals surface area (Å²) in [7, 11) is 0. The third-order valence-electron chi connectivity index (χ3n) is 2.99. The zero-order valence-corrected chi connectivity index (χ0v) is 10.6. The van der Waals surface area contributed by atoms with Crippen LogP contribution in [0.4, 0.5) is 11.5 Å².